The SMILES string of the molecule is O=C(O)COCC(F)(F)c1ccc2c(c1)CCCO2. The van der Waals surface area contributed by atoms with Gasteiger partial charge in [-0.1, -0.05) is 0 Å². The summed E-state index contributed by atoms with van der Waals surface area (Å²) in [7, 11) is 0. The molecule has 104 valence electrons. The van der Waals surface area contributed by atoms with Gasteiger partial charge in [-0.3, -0.25) is 0 Å². The lowest BCUT2D eigenvalue weighted by atomic mass is 10.0. The third kappa shape index (κ3) is 3.41. The number of hydrogen-bond acceptors (Lipinski definition) is 3. The summed E-state index contributed by atoms with van der Waals surface area (Å²) in [5.41, 5.74) is 0.573. The van der Waals surface area contributed by atoms with E-state index in [4.69, 9.17) is 9.84 Å². The highest BCUT2D eigenvalue weighted by atomic mass is 19.3. The molecule has 6 heteroatoms. The number of halogens is 2. The minimum absolute atomic E-state index is 0.179. The van der Waals surface area contributed by atoms with Crippen molar-refractivity contribution in [1.29, 1.82) is 0 Å². The Balaban J connectivity index is 2.09. The minimum atomic E-state index is -3.21. The zero-order valence-corrected chi connectivity index (χ0v) is 10.2. The zero-order valence-electron chi connectivity index (χ0n) is 10.2. The third-order valence-corrected chi connectivity index (χ3v) is 2.84. The Morgan fingerprint density at radius 2 is 2.26 bits per heavy atom. The molecule has 0 atom stereocenters. The van der Waals surface area contributed by atoms with Crippen LogP contribution >= 0.6 is 0 Å². The van der Waals surface area contributed by atoms with Crippen molar-refractivity contribution in [2.45, 2.75) is 18.8 Å². The predicted octanol–water partition coefficient (Wildman–Crippen LogP) is 2.20. The fraction of sp³-hybridized carbons (Fsp3) is 0.462. The fourth-order valence-corrected chi connectivity index (χ4v) is 1.94. The lowest BCUT2D eigenvalue weighted by Crippen LogP contribution is -2.24. The highest BCUT2D eigenvalue weighted by molar-refractivity contribution is 5.68. The molecule has 0 aromatic heterocycles. The Hall–Kier alpha value is -1.69. The van der Waals surface area contributed by atoms with Gasteiger partial charge in [0.05, 0.1) is 6.61 Å². The summed E-state index contributed by atoms with van der Waals surface area (Å²) in [6.45, 7) is -1.08. The number of rotatable bonds is 5. The van der Waals surface area contributed by atoms with Gasteiger partial charge in [0, 0.05) is 5.56 Å². The smallest absolute Gasteiger partial charge is 0.329 e. The number of aliphatic carboxylic acids is 1. The standard InChI is InChI=1S/C13H14F2O4/c14-13(15,8-18-7-12(16)17)10-3-4-11-9(6-10)2-1-5-19-11/h3-4,6H,1-2,5,7-8H2,(H,16,17). The van der Waals surface area contributed by atoms with E-state index in [0.717, 1.165) is 12.0 Å². The van der Waals surface area contributed by atoms with Crippen LogP contribution in [-0.4, -0.2) is 30.9 Å². The van der Waals surface area contributed by atoms with Gasteiger partial charge in [0.15, 0.2) is 0 Å². The van der Waals surface area contributed by atoms with Gasteiger partial charge in [0.2, 0.25) is 0 Å². The highest BCUT2D eigenvalue weighted by Gasteiger charge is 2.33. The Bertz CT molecular complexity index is 474. The molecular weight excluding hydrogens is 258 g/mol. The van der Waals surface area contributed by atoms with E-state index in [0.29, 0.717) is 18.8 Å². The lowest BCUT2D eigenvalue weighted by Gasteiger charge is -2.21. The summed E-state index contributed by atoms with van der Waals surface area (Å²) in [6, 6.07) is 4.21. The zero-order chi connectivity index (χ0) is 13.9. The van der Waals surface area contributed by atoms with E-state index in [1.165, 1.54) is 18.2 Å². The number of ether oxygens (including phenoxy) is 2. The third-order valence-electron chi connectivity index (χ3n) is 2.84. The molecular formula is C13H14F2O4. The molecule has 0 spiro atoms. The molecule has 0 unspecified atom stereocenters. The first-order valence-electron chi connectivity index (χ1n) is 5.92. The van der Waals surface area contributed by atoms with Crippen molar-refractivity contribution in [3.05, 3.63) is 29.3 Å². The summed E-state index contributed by atoms with van der Waals surface area (Å²) in [5, 5.41) is 8.35. The van der Waals surface area contributed by atoms with Crippen LogP contribution in [-0.2, 0) is 21.9 Å². The van der Waals surface area contributed by atoms with E-state index in [9.17, 15) is 13.6 Å². The summed E-state index contributed by atoms with van der Waals surface area (Å²) in [5.74, 6) is -3.84. The second-order valence-corrected chi connectivity index (χ2v) is 4.37. The van der Waals surface area contributed by atoms with E-state index in [2.05, 4.69) is 4.74 Å². The summed E-state index contributed by atoms with van der Waals surface area (Å²) in [6.07, 6.45) is 1.51. The number of benzene rings is 1. The van der Waals surface area contributed by atoms with Crippen molar-refractivity contribution in [2.24, 2.45) is 0 Å². The lowest BCUT2D eigenvalue weighted by molar-refractivity contribution is -0.147. The number of carboxylic acids is 1. The van der Waals surface area contributed by atoms with Gasteiger partial charge in [0.25, 0.3) is 5.92 Å². The first-order chi connectivity index (χ1) is 8.99. The summed E-state index contributed by atoms with van der Waals surface area (Å²) in [4.78, 5) is 10.2. The van der Waals surface area contributed by atoms with Crippen molar-refractivity contribution in [1.82, 2.24) is 0 Å². The number of carboxylic acid groups (broad SMARTS) is 1. The van der Waals surface area contributed by atoms with Crippen LogP contribution in [0.4, 0.5) is 8.78 Å². The molecule has 0 fully saturated rings. The Labute approximate surface area is 108 Å². The average molecular weight is 272 g/mol. The highest BCUT2D eigenvalue weighted by Crippen LogP contribution is 2.33. The summed E-state index contributed by atoms with van der Waals surface area (Å²) < 4.78 is 37.5. The molecule has 19 heavy (non-hydrogen) atoms. The summed E-state index contributed by atoms with van der Waals surface area (Å²) >= 11 is 0. The van der Waals surface area contributed by atoms with Gasteiger partial charge in [-0.25, -0.2) is 4.79 Å². The van der Waals surface area contributed by atoms with Crippen LogP contribution in [0.1, 0.15) is 17.5 Å². The Morgan fingerprint density at radius 1 is 1.47 bits per heavy atom. The van der Waals surface area contributed by atoms with Gasteiger partial charge in [0.1, 0.15) is 19.0 Å². The van der Waals surface area contributed by atoms with Gasteiger partial charge < -0.3 is 14.6 Å². The van der Waals surface area contributed by atoms with Crippen LogP contribution < -0.4 is 4.74 Å². The van der Waals surface area contributed by atoms with Gasteiger partial charge >= 0.3 is 5.97 Å². The molecule has 0 saturated carbocycles. The molecule has 1 N–H and O–H groups in total. The van der Waals surface area contributed by atoms with Gasteiger partial charge in [-0.05, 0) is 36.6 Å². The quantitative estimate of drug-likeness (QED) is 0.892. The van der Waals surface area contributed by atoms with Crippen LogP contribution in [0, 0.1) is 0 Å². The topological polar surface area (TPSA) is 55.8 Å². The molecule has 0 amide bonds. The Morgan fingerprint density at radius 3 is 3.00 bits per heavy atom. The van der Waals surface area contributed by atoms with Crippen molar-refractivity contribution in [2.75, 3.05) is 19.8 Å². The number of fused-ring (bicyclic) bond motifs is 1. The largest absolute Gasteiger partial charge is 0.493 e. The molecule has 0 saturated heterocycles. The number of alkyl halides is 2. The van der Waals surface area contributed by atoms with Crippen LogP contribution in [0.2, 0.25) is 0 Å². The second-order valence-electron chi connectivity index (χ2n) is 4.37. The molecule has 0 aliphatic carbocycles. The number of hydrogen-bond donors (Lipinski definition) is 1. The van der Waals surface area contributed by atoms with E-state index in [-0.39, 0.29) is 5.56 Å². The number of aryl methyl sites for hydroxylation is 1. The fourth-order valence-electron chi connectivity index (χ4n) is 1.94. The first-order valence-corrected chi connectivity index (χ1v) is 5.92. The molecule has 0 bridgehead atoms. The Kier molecular flexibility index (Phi) is 3.99. The van der Waals surface area contributed by atoms with E-state index < -0.39 is 25.1 Å². The van der Waals surface area contributed by atoms with Gasteiger partial charge in [-0.2, -0.15) is 8.78 Å². The van der Waals surface area contributed by atoms with E-state index in [1.54, 1.807) is 0 Å². The monoisotopic (exact) mass is 272 g/mol. The van der Waals surface area contributed by atoms with Crippen LogP contribution in [0.5, 0.6) is 5.75 Å². The minimum Gasteiger partial charge on any atom is -0.493 e. The van der Waals surface area contributed by atoms with Crippen molar-refractivity contribution in [3.63, 3.8) is 0 Å². The van der Waals surface area contributed by atoms with Crippen molar-refractivity contribution < 1.29 is 28.2 Å². The van der Waals surface area contributed by atoms with Crippen LogP contribution in [0.15, 0.2) is 18.2 Å². The van der Waals surface area contributed by atoms with E-state index >= 15 is 0 Å². The van der Waals surface area contributed by atoms with Crippen LogP contribution in [0.3, 0.4) is 0 Å². The van der Waals surface area contributed by atoms with Crippen molar-refractivity contribution in [3.8, 4) is 5.75 Å². The molecule has 1 aromatic rings. The molecule has 1 aromatic carbocycles. The molecule has 2 rings (SSSR count). The average Bonchev–Trinajstić information content (AvgIpc) is 2.37. The second kappa shape index (κ2) is 5.52. The molecule has 1 aliphatic rings. The number of carbonyl (C=O) groups is 1. The van der Waals surface area contributed by atoms with Gasteiger partial charge in [-0.15, -0.1) is 0 Å². The molecule has 1 heterocycles. The maximum atomic E-state index is 13.8. The molecule has 0 radical (unpaired) electrons. The van der Waals surface area contributed by atoms with E-state index in [1.807, 2.05) is 0 Å². The maximum Gasteiger partial charge on any atom is 0.329 e. The maximum absolute atomic E-state index is 13.8. The van der Waals surface area contributed by atoms with Crippen molar-refractivity contribution >= 4 is 5.97 Å². The van der Waals surface area contributed by atoms with Crippen LogP contribution in [0.25, 0.3) is 0 Å². The molecule has 1 aliphatic heterocycles. The molecule has 4 nitrogen and oxygen atoms in total. The predicted molar refractivity (Wildman–Crippen MR) is 62.6 cm³/mol. The normalized spacial score (nSPS) is 14.6. The first kappa shape index (κ1) is 13.7.